The van der Waals surface area contributed by atoms with Crippen molar-refractivity contribution in [3.63, 3.8) is 0 Å². The topological polar surface area (TPSA) is 74.5 Å². The Morgan fingerprint density at radius 2 is 2.04 bits per heavy atom. The van der Waals surface area contributed by atoms with Gasteiger partial charge in [0.05, 0.1) is 25.3 Å². The Labute approximate surface area is 146 Å². The number of rotatable bonds is 8. The van der Waals surface area contributed by atoms with Crippen molar-refractivity contribution in [3.05, 3.63) is 58.9 Å². The van der Waals surface area contributed by atoms with Crippen LogP contribution in [0.3, 0.4) is 0 Å². The lowest BCUT2D eigenvalue weighted by Gasteiger charge is -2.17. The maximum Gasteiger partial charge on any atom is 0.161 e. The summed E-state index contributed by atoms with van der Waals surface area (Å²) in [6.45, 7) is 2.46. The lowest BCUT2D eigenvalue weighted by atomic mass is 10.1. The fourth-order valence-corrected chi connectivity index (χ4v) is 2.43. The van der Waals surface area contributed by atoms with Gasteiger partial charge < -0.3 is 19.9 Å². The number of nitriles is 1. The maximum atomic E-state index is 13.4. The van der Waals surface area contributed by atoms with Crippen molar-refractivity contribution in [3.8, 4) is 17.6 Å². The van der Waals surface area contributed by atoms with Crippen LogP contribution >= 0.6 is 0 Å². The van der Waals surface area contributed by atoms with Crippen LogP contribution in [0.2, 0.25) is 0 Å². The molecule has 0 aliphatic heterocycles. The molecular weight excluding hydrogens is 323 g/mol. The SMILES string of the molecule is COc1cc(C(C)NCc2cc(F)ccc2C#N)ccc1OCCO. The highest BCUT2D eigenvalue weighted by Crippen LogP contribution is 2.30. The van der Waals surface area contributed by atoms with E-state index in [0.29, 0.717) is 29.2 Å². The first kappa shape index (κ1) is 18.7. The Morgan fingerprint density at radius 1 is 1.24 bits per heavy atom. The number of benzene rings is 2. The molecule has 0 fully saturated rings. The van der Waals surface area contributed by atoms with Gasteiger partial charge in [0.25, 0.3) is 0 Å². The standard InChI is InChI=1S/C19H21FN2O3/c1-13(22-12-16-9-17(20)5-3-15(16)11-21)14-4-6-18(25-8-7-23)19(10-14)24-2/h3-6,9-10,13,22-23H,7-8,12H2,1-2H3. The minimum absolute atomic E-state index is 0.0457. The summed E-state index contributed by atoms with van der Waals surface area (Å²) in [5, 5.41) is 21.2. The third kappa shape index (κ3) is 4.92. The Balaban J connectivity index is 2.09. The van der Waals surface area contributed by atoms with E-state index in [1.165, 1.54) is 18.2 Å². The number of halogens is 1. The molecule has 1 atom stereocenters. The molecule has 2 N–H and O–H groups in total. The van der Waals surface area contributed by atoms with Crippen molar-refractivity contribution in [2.24, 2.45) is 0 Å². The second-order valence-electron chi connectivity index (χ2n) is 5.50. The molecular formula is C19H21FN2O3. The fraction of sp³-hybridized carbons (Fsp3) is 0.316. The Bertz CT molecular complexity index is 759. The van der Waals surface area contributed by atoms with E-state index in [4.69, 9.17) is 19.8 Å². The summed E-state index contributed by atoms with van der Waals surface area (Å²) in [6.07, 6.45) is 0. The van der Waals surface area contributed by atoms with Gasteiger partial charge in [-0.25, -0.2) is 4.39 Å². The summed E-state index contributed by atoms with van der Waals surface area (Å²) >= 11 is 0. The summed E-state index contributed by atoms with van der Waals surface area (Å²) in [4.78, 5) is 0. The van der Waals surface area contributed by atoms with E-state index in [2.05, 4.69) is 11.4 Å². The van der Waals surface area contributed by atoms with Gasteiger partial charge in [-0.3, -0.25) is 0 Å². The van der Waals surface area contributed by atoms with Gasteiger partial charge >= 0.3 is 0 Å². The molecule has 2 aromatic carbocycles. The molecule has 6 heteroatoms. The van der Waals surface area contributed by atoms with Gasteiger partial charge in [-0.1, -0.05) is 6.07 Å². The zero-order valence-electron chi connectivity index (χ0n) is 14.3. The first-order chi connectivity index (χ1) is 12.1. The van der Waals surface area contributed by atoms with Gasteiger partial charge in [0, 0.05) is 12.6 Å². The normalized spacial score (nSPS) is 11.6. The van der Waals surface area contributed by atoms with E-state index in [1.54, 1.807) is 13.2 Å². The number of hydrogen-bond acceptors (Lipinski definition) is 5. The third-order valence-corrected chi connectivity index (χ3v) is 3.82. The molecule has 0 aliphatic rings. The first-order valence-corrected chi connectivity index (χ1v) is 7.92. The van der Waals surface area contributed by atoms with Crippen LogP contribution in [0.25, 0.3) is 0 Å². The molecule has 25 heavy (non-hydrogen) atoms. The lowest BCUT2D eigenvalue weighted by molar-refractivity contribution is 0.196. The number of methoxy groups -OCH3 is 1. The van der Waals surface area contributed by atoms with Crippen LogP contribution in [0.1, 0.15) is 29.7 Å². The summed E-state index contributed by atoms with van der Waals surface area (Å²) < 4.78 is 24.1. The lowest BCUT2D eigenvalue weighted by Crippen LogP contribution is -2.19. The zero-order chi connectivity index (χ0) is 18.2. The summed E-state index contributed by atoms with van der Waals surface area (Å²) in [6, 6.07) is 11.7. The van der Waals surface area contributed by atoms with Crippen molar-refractivity contribution >= 4 is 0 Å². The number of ether oxygens (including phenoxy) is 2. The summed E-state index contributed by atoms with van der Waals surface area (Å²) in [5.41, 5.74) is 2.03. The highest BCUT2D eigenvalue weighted by Gasteiger charge is 2.12. The number of hydrogen-bond donors (Lipinski definition) is 2. The molecule has 2 aromatic rings. The maximum absolute atomic E-state index is 13.4. The van der Waals surface area contributed by atoms with Gasteiger partial charge in [0.2, 0.25) is 0 Å². The van der Waals surface area contributed by atoms with Crippen molar-refractivity contribution in [1.29, 1.82) is 5.26 Å². The van der Waals surface area contributed by atoms with Crippen LogP contribution in [-0.2, 0) is 6.54 Å². The van der Waals surface area contributed by atoms with Crippen molar-refractivity contribution in [1.82, 2.24) is 5.32 Å². The van der Waals surface area contributed by atoms with Crippen molar-refractivity contribution in [2.45, 2.75) is 19.5 Å². The highest BCUT2D eigenvalue weighted by molar-refractivity contribution is 5.44. The molecule has 0 radical (unpaired) electrons. The second-order valence-corrected chi connectivity index (χ2v) is 5.50. The van der Waals surface area contributed by atoms with Crippen LogP contribution < -0.4 is 14.8 Å². The molecule has 5 nitrogen and oxygen atoms in total. The molecule has 0 aliphatic carbocycles. The van der Waals surface area contributed by atoms with E-state index in [9.17, 15) is 4.39 Å². The van der Waals surface area contributed by atoms with Gasteiger partial charge in [0.15, 0.2) is 11.5 Å². The molecule has 0 bridgehead atoms. The Kier molecular flexibility index (Phi) is 6.75. The number of nitrogens with zero attached hydrogens (tertiary/aromatic N) is 1. The van der Waals surface area contributed by atoms with Crippen molar-refractivity contribution in [2.75, 3.05) is 20.3 Å². The summed E-state index contributed by atoms with van der Waals surface area (Å²) in [5.74, 6) is 0.767. The summed E-state index contributed by atoms with van der Waals surface area (Å²) in [7, 11) is 1.55. The van der Waals surface area contributed by atoms with E-state index in [0.717, 1.165) is 5.56 Å². The van der Waals surface area contributed by atoms with E-state index in [-0.39, 0.29) is 25.1 Å². The molecule has 1 unspecified atom stereocenters. The molecule has 0 aromatic heterocycles. The molecule has 0 saturated carbocycles. The van der Waals surface area contributed by atoms with Gasteiger partial charge in [-0.2, -0.15) is 5.26 Å². The van der Waals surface area contributed by atoms with E-state index < -0.39 is 0 Å². The monoisotopic (exact) mass is 344 g/mol. The second kappa shape index (κ2) is 9.02. The fourth-order valence-electron chi connectivity index (χ4n) is 2.43. The molecule has 0 heterocycles. The van der Waals surface area contributed by atoms with Gasteiger partial charge in [-0.05, 0) is 48.4 Å². The predicted molar refractivity (Wildman–Crippen MR) is 91.9 cm³/mol. The first-order valence-electron chi connectivity index (χ1n) is 7.92. The average molecular weight is 344 g/mol. The van der Waals surface area contributed by atoms with Crippen molar-refractivity contribution < 1.29 is 19.0 Å². The van der Waals surface area contributed by atoms with Gasteiger partial charge in [-0.15, -0.1) is 0 Å². The smallest absolute Gasteiger partial charge is 0.161 e. The number of aliphatic hydroxyl groups excluding tert-OH is 1. The average Bonchev–Trinajstić information content (AvgIpc) is 2.64. The molecule has 132 valence electrons. The van der Waals surface area contributed by atoms with Crippen LogP contribution in [0.4, 0.5) is 4.39 Å². The predicted octanol–water partition coefficient (Wildman–Crippen LogP) is 2.93. The molecule has 0 saturated heterocycles. The van der Waals surface area contributed by atoms with Crippen LogP contribution in [0.5, 0.6) is 11.5 Å². The van der Waals surface area contributed by atoms with Crippen LogP contribution in [0, 0.1) is 17.1 Å². The largest absolute Gasteiger partial charge is 0.493 e. The van der Waals surface area contributed by atoms with E-state index >= 15 is 0 Å². The quantitative estimate of drug-likeness (QED) is 0.770. The Morgan fingerprint density at radius 3 is 2.72 bits per heavy atom. The van der Waals surface area contributed by atoms with Crippen LogP contribution in [-0.4, -0.2) is 25.4 Å². The molecule has 0 spiro atoms. The van der Waals surface area contributed by atoms with E-state index in [1.807, 2.05) is 19.1 Å². The number of nitrogens with one attached hydrogen (secondary N) is 1. The minimum atomic E-state index is -0.365. The molecule has 2 rings (SSSR count). The zero-order valence-corrected chi connectivity index (χ0v) is 14.3. The Hall–Kier alpha value is -2.62. The van der Waals surface area contributed by atoms with Crippen LogP contribution in [0.15, 0.2) is 36.4 Å². The highest BCUT2D eigenvalue weighted by atomic mass is 19.1. The number of aliphatic hydroxyl groups is 1. The third-order valence-electron chi connectivity index (χ3n) is 3.82. The van der Waals surface area contributed by atoms with Gasteiger partial charge in [0.1, 0.15) is 12.4 Å². The molecule has 0 amide bonds. The minimum Gasteiger partial charge on any atom is -0.493 e.